The van der Waals surface area contributed by atoms with Crippen LogP contribution in [0, 0.1) is 23.7 Å². The lowest BCUT2D eigenvalue weighted by atomic mass is 10.3. The first-order chi connectivity index (χ1) is 10.9. The quantitative estimate of drug-likeness (QED) is 0.345. The molecule has 0 aliphatic carbocycles. The average molecular weight is 449 g/mol. The van der Waals surface area contributed by atoms with E-state index in [0.29, 0.717) is 0 Å². The van der Waals surface area contributed by atoms with Crippen molar-refractivity contribution in [1.29, 1.82) is 0 Å². The first-order valence-corrected chi connectivity index (χ1v) is 10.9. The van der Waals surface area contributed by atoms with Crippen LogP contribution < -0.4 is 0 Å². The van der Waals surface area contributed by atoms with Gasteiger partial charge in [0.25, 0.3) is 0 Å². The molecule has 0 unspecified atom stereocenters. The van der Waals surface area contributed by atoms with Gasteiger partial charge in [-0.15, -0.1) is 0 Å². The second-order valence-corrected chi connectivity index (χ2v) is 6.93. The first-order valence-electron chi connectivity index (χ1n) is 10.9. The average Bonchev–Trinajstić information content (AvgIpc) is 2.44. The van der Waals surface area contributed by atoms with Crippen molar-refractivity contribution in [2.75, 3.05) is 0 Å². The van der Waals surface area contributed by atoms with Gasteiger partial charge in [-0.25, -0.2) is 0 Å². The summed E-state index contributed by atoms with van der Waals surface area (Å²) >= 11 is 0. The molecule has 0 aliphatic heterocycles. The van der Waals surface area contributed by atoms with E-state index in [0.717, 1.165) is 23.7 Å². The van der Waals surface area contributed by atoms with Crippen LogP contribution in [0.5, 0.6) is 0 Å². The second kappa shape index (κ2) is 158. The van der Waals surface area contributed by atoms with Crippen molar-refractivity contribution in [3.8, 4) is 0 Å². The molecule has 0 aromatic rings. The third-order valence-corrected chi connectivity index (χ3v) is 0. The van der Waals surface area contributed by atoms with E-state index < -0.39 is 0 Å². The first kappa shape index (κ1) is 98.6. The summed E-state index contributed by atoms with van der Waals surface area (Å²) in [7, 11) is 0. The van der Waals surface area contributed by atoms with Gasteiger partial charge in [-0.05, 0) is 23.7 Å². The Hall–Kier alpha value is 0. The molecule has 0 saturated carbocycles. The topological polar surface area (TPSA) is 0 Å². The number of hydrogen-bond acceptors (Lipinski definition) is 0. The van der Waals surface area contributed by atoms with Gasteiger partial charge in [-0.3, -0.25) is 0 Å². The molecular formula is C30H88. The van der Waals surface area contributed by atoms with Gasteiger partial charge in [0, 0.05) is 0 Å². The largest absolute Gasteiger partial charge is 0.0776 e. The molecule has 0 heterocycles. The molecule has 0 radical (unpaired) electrons. The van der Waals surface area contributed by atoms with E-state index in [1.165, 1.54) is 0 Å². The third-order valence-electron chi connectivity index (χ3n) is 0. The van der Waals surface area contributed by atoms with Crippen LogP contribution in [0.15, 0.2) is 0 Å². The Labute approximate surface area is 206 Å². The van der Waals surface area contributed by atoms with Crippen molar-refractivity contribution < 1.29 is 0 Å². The van der Waals surface area contributed by atoms with Crippen LogP contribution >= 0.6 is 0 Å². The Balaban J connectivity index is -0.00000000806. The highest BCUT2D eigenvalue weighted by molar-refractivity contribution is 4.21. The van der Waals surface area contributed by atoms with E-state index in [4.69, 9.17) is 0 Å². The van der Waals surface area contributed by atoms with E-state index >= 15 is 0 Å². The van der Waals surface area contributed by atoms with Crippen LogP contribution in [0.2, 0.25) is 0 Å². The van der Waals surface area contributed by atoms with Crippen LogP contribution in [0.1, 0.15) is 183 Å². The monoisotopic (exact) mass is 449 g/mol. The molecule has 0 heteroatoms. The normalized spacial score (nSPS) is 5.60. The van der Waals surface area contributed by atoms with Crippen LogP contribution in [0.3, 0.4) is 0 Å². The van der Waals surface area contributed by atoms with Crippen LogP contribution in [-0.4, -0.2) is 0 Å². The standard InChI is InChI=1S/4C4H10.4C2H6.6CH4/c4*1-4(2)3;4*1-2;;;;;;/h4*4H,1-3H3;4*1-2H3;6*1H4. The molecule has 208 valence electrons. The molecule has 0 saturated heterocycles. The lowest BCUT2D eigenvalue weighted by Crippen LogP contribution is -1.66. The summed E-state index contributed by atoms with van der Waals surface area (Å²) in [6.07, 6.45) is 0. The Kier molecular flexibility index (Phi) is 519. The van der Waals surface area contributed by atoms with Gasteiger partial charge in [-0.2, -0.15) is 0 Å². The zero-order valence-corrected chi connectivity index (χ0v) is 22.3. The minimum Gasteiger partial charge on any atom is -0.0776 e. The maximum absolute atomic E-state index is 2.17. The lowest BCUT2D eigenvalue weighted by Gasteiger charge is -1.79. The van der Waals surface area contributed by atoms with E-state index in [1.807, 2.05) is 55.4 Å². The molecule has 0 bridgehead atoms. The highest BCUT2D eigenvalue weighted by Crippen LogP contribution is 1.82. The van der Waals surface area contributed by atoms with Crippen molar-refractivity contribution >= 4 is 0 Å². The Morgan fingerprint density at radius 1 is 0.200 bits per heavy atom. The molecule has 0 rings (SSSR count). The minimum absolute atomic E-state index is 0. The third kappa shape index (κ3) is 0. The van der Waals surface area contributed by atoms with Gasteiger partial charge < -0.3 is 0 Å². The smallest absolute Gasteiger partial charge is 0.0500 e. The highest BCUT2D eigenvalue weighted by atomic mass is 13.8. The van der Waals surface area contributed by atoms with Crippen molar-refractivity contribution in [3.63, 3.8) is 0 Å². The van der Waals surface area contributed by atoms with Gasteiger partial charge >= 0.3 is 0 Å². The predicted octanol–water partition coefficient (Wildman–Crippen LogP) is 14.6. The summed E-state index contributed by atoms with van der Waals surface area (Å²) in [5, 5.41) is 0. The summed E-state index contributed by atoms with van der Waals surface area (Å²) in [5.41, 5.74) is 0. The van der Waals surface area contributed by atoms with E-state index in [1.54, 1.807) is 0 Å². The molecule has 0 atom stereocenters. The van der Waals surface area contributed by atoms with Gasteiger partial charge in [-0.1, -0.05) is 183 Å². The molecule has 0 nitrogen and oxygen atoms in total. The number of hydrogen-bond donors (Lipinski definition) is 0. The molecule has 0 aromatic heterocycles. The van der Waals surface area contributed by atoms with Crippen LogP contribution in [0.25, 0.3) is 0 Å². The molecule has 0 fully saturated rings. The SMILES string of the molecule is C.C.C.C.C.C.CC.CC.CC.CC.CC(C)C.CC(C)C.CC(C)C.CC(C)C. The number of rotatable bonds is 0. The maximum Gasteiger partial charge on any atom is -0.0500 e. The summed E-state index contributed by atoms with van der Waals surface area (Å²) in [6, 6.07) is 0. The van der Waals surface area contributed by atoms with Crippen LogP contribution in [-0.2, 0) is 0 Å². The zero-order chi connectivity index (χ0) is 22.3. The summed E-state index contributed by atoms with van der Waals surface area (Å²) < 4.78 is 0. The van der Waals surface area contributed by atoms with Gasteiger partial charge in [0.2, 0.25) is 0 Å². The Morgan fingerprint density at radius 2 is 0.200 bits per heavy atom. The zero-order valence-electron chi connectivity index (χ0n) is 22.3. The minimum atomic E-state index is 0. The predicted molar refractivity (Wildman–Crippen MR) is 168 cm³/mol. The fraction of sp³-hybridized carbons (Fsp3) is 1.00. The van der Waals surface area contributed by atoms with Gasteiger partial charge in [0.05, 0.1) is 0 Å². The fourth-order valence-corrected chi connectivity index (χ4v) is 0. The summed E-state index contributed by atoms with van der Waals surface area (Å²) in [6.45, 7) is 42.0. The van der Waals surface area contributed by atoms with Gasteiger partial charge in [0.1, 0.15) is 0 Å². The van der Waals surface area contributed by atoms with Gasteiger partial charge in [0.15, 0.2) is 0 Å². The molecule has 0 amide bonds. The Morgan fingerprint density at radius 3 is 0.200 bits per heavy atom. The van der Waals surface area contributed by atoms with E-state index in [2.05, 4.69) is 83.1 Å². The second-order valence-electron chi connectivity index (χ2n) is 6.93. The van der Waals surface area contributed by atoms with E-state index in [9.17, 15) is 0 Å². The van der Waals surface area contributed by atoms with Crippen molar-refractivity contribution in [1.82, 2.24) is 0 Å². The Bertz CT molecular complexity index is 43.0. The maximum atomic E-state index is 2.17. The van der Waals surface area contributed by atoms with E-state index in [-0.39, 0.29) is 44.6 Å². The van der Waals surface area contributed by atoms with Crippen LogP contribution in [0.4, 0.5) is 0 Å². The lowest BCUT2D eigenvalue weighted by molar-refractivity contribution is 0.736. The summed E-state index contributed by atoms with van der Waals surface area (Å²) in [4.78, 5) is 0. The van der Waals surface area contributed by atoms with Crippen molar-refractivity contribution in [2.24, 2.45) is 23.7 Å². The van der Waals surface area contributed by atoms with Crippen molar-refractivity contribution in [2.45, 2.75) is 183 Å². The summed E-state index contributed by atoms with van der Waals surface area (Å²) in [5.74, 6) is 3.33. The molecule has 0 spiro atoms. The molecule has 0 aromatic carbocycles. The molecular weight excluding hydrogens is 360 g/mol. The highest BCUT2D eigenvalue weighted by Gasteiger charge is 1.69. The fourth-order valence-electron chi connectivity index (χ4n) is 0. The van der Waals surface area contributed by atoms with Crippen molar-refractivity contribution in [3.05, 3.63) is 0 Å². The molecule has 0 N–H and O–H groups in total. The molecule has 30 heavy (non-hydrogen) atoms. The molecule has 0 aliphatic rings.